The van der Waals surface area contributed by atoms with Crippen LogP contribution in [0, 0.1) is 12.3 Å². The SMILES string of the molecule is C#CCCc1ccc(Br)c(C(F)(F)F)c1. The third kappa shape index (κ3) is 3.28. The van der Waals surface area contributed by atoms with Gasteiger partial charge in [-0.15, -0.1) is 12.3 Å². The summed E-state index contributed by atoms with van der Waals surface area (Å²) in [5.41, 5.74) is -0.0551. The van der Waals surface area contributed by atoms with Gasteiger partial charge in [0, 0.05) is 10.9 Å². The minimum Gasteiger partial charge on any atom is -0.166 e. The third-order valence-corrected chi connectivity index (χ3v) is 2.59. The Bertz CT molecular complexity index is 388. The van der Waals surface area contributed by atoms with E-state index < -0.39 is 11.7 Å². The predicted octanol–water partition coefficient (Wildman–Crippen LogP) is 4.03. The van der Waals surface area contributed by atoms with Gasteiger partial charge in [0.1, 0.15) is 0 Å². The van der Waals surface area contributed by atoms with Crippen molar-refractivity contribution in [1.82, 2.24) is 0 Å². The number of terminal acetylenes is 1. The van der Waals surface area contributed by atoms with Gasteiger partial charge in [-0.3, -0.25) is 0 Å². The predicted molar refractivity (Wildman–Crippen MR) is 56.3 cm³/mol. The Hall–Kier alpha value is -0.950. The van der Waals surface area contributed by atoms with Crippen LogP contribution >= 0.6 is 15.9 Å². The Balaban J connectivity index is 3.02. The minimum absolute atomic E-state index is 0.0551. The Morgan fingerprint density at radius 3 is 2.53 bits per heavy atom. The van der Waals surface area contributed by atoms with Gasteiger partial charge in [0.05, 0.1) is 5.56 Å². The molecule has 15 heavy (non-hydrogen) atoms. The number of hydrogen-bond donors (Lipinski definition) is 0. The molecule has 0 N–H and O–H groups in total. The second-order valence-corrected chi connectivity index (χ2v) is 3.87. The number of aryl methyl sites for hydroxylation is 1. The maximum atomic E-state index is 12.5. The van der Waals surface area contributed by atoms with E-state index in [4.69, 9.17) is 6.42 Å². The van der Waals surface area contributed by atoms with Crippen LogP contribution in [0.1, 0.15) is 17.5 Å². The quantitative estimate of drug-likeness (QED) is 0.716. The van der Waals surface area contributed by atoms with Crippen LogP contribution in [0.5, 0.6) is 0 Å². The first-order valence-corrected chi connectivity index (χ1v) is 5.03. The molecule has 0 aliphatic carbocycles. The van der Waals surface area contributed by atoms with Crippen LogP contribution in [0.4, 0.5) is 13.2 Å². The van der Waals surface area contributed by atoms with Crippen LogP contribution < -0.4 is 0 Å². The van der Waals surface area contributed by atoms with Crippen LogP contribution in [-0.2, 0) is 12.6 Å². The van der Waals surface area contributed by atoms with Crippen molar-refractivity contribution in [3.05, 3.63) is 33.8 Å². The van der Waals surface area contributed by atoms with E-state index in [1.54, 1.807) is 6.07 Å². The highest BCUT2D eigenvalue weighted by molar-refractivity contribution is 9.10. The fraction of sp³-hybridized carbons (Fsp3) is 0.273. The van der Waals surface area contributed by atoms with E-state index in [0.717, 1.165) is 6.07 Å². The minimum atomic E-state index is -4.33. The lowest BCUT2D eigenvalue weighted by Gasteiger charge is -2.10. The van der Waals surface area contributed by atoms with Crippen molar-refractivity contribution in [2.24, 2.45) is 0 Å². The highest BCUT2D eigenvalue weighted by Gasteiger charge is 2.32. The molecule has 0 spiro atoms. The van der Waals surface area contributed by atoms with E-state index in [-0.39, 0.29) is 4.47 Å². The van der Waals surface area contributed by atoms with Gasteiger partial charge < -0.3 is 0 Å². The maximum absolute atomic E-state index is 12.5. The lowest BCUT2D eigenvalue weighted by molar-refractivity contribution is -0.138. The van der Waals surface area contributed by atoms with Gasteiger partial charge in [-0.2, -0.15) is 13.2 Å². The molecule has 0 fully saturated rings. The Labute approximate surface area is 94.6 Å². The van der Waals surface area contributed by atoms with E-state index in [2.05, 4.69) is 21.9 Å². The molecule has 0 aliphatic rings. The van der Waals surface area contributed by atoms with Crippen molar-refractivity contribution in [2.75, 3.05) is 0 Å². The number of halogens is 4. The fourth-order valence-electron chi connectivity index (χ4n) is 1.16. The number of rotatable bonds is 2. The summed E-state index contributed by atoms with van der Waals surface area (Å²) in [5, 5.41) is 0. The molecule has 80 valence electrons. The van der Waals surface area contributed by atoms with E-state index in [9.17, 15) is 13.2 Å². The normalized spacial score (nSPS) is 11.1. The lowest BCUT2D eigenvalue weighted by Crippen LogP contribution is -2.06. The molecule has 0 saturated carbocycles. The van der Waals surface area contributed by atoms with Crippen molar-refractivity contribution < 1.29 is 13.2 Å². The number of benzene rings is 1. The molecule has 4 heteroatoms. The molecule has 0 atom stereocenters. The topological polar surface area (TPSA) is 0 Å². The summed E-state index contributed by atoms with van der Waals surface area (Å²) in [4.78, 5) is 0. The van der Waals surface area contributed by atoms with Gasteiger partial charge in [0.25, 0.3) is 0 Å². The molecule has 0 saturated heterocycles. The monoisotopic (exact) mass is 276 g/mol. The smallest absolute Gasteiger partial charge is 0.166 e. The Morgan fingerprint density at radius 1 is 1.33 bits per heavy atom. The summed E-state index contributed by atoms with van der Waals surface area (Å²) in [7, 11) is 0. The van der Waals surface area contributed by atoms with Crippen molar-refractivity contribution in [2.45, 2.75) is 19.0 Å². The molecular formula is C11H8BrF3. The molecule has 1 aromatic rings. The van der Waals surface area contributed by atoms with Gasteiger partial charge >= 0.3 is 6.18 Å². The molecule has 0 heterocycles. The lowest BCUT2D eigenvalue weighted by atomic mass is 10.1. The van der Waals surface area contributed by atoms with Gasteiger partial charge in [0.15, 0.2) is 0 Å². The van der Waals surface area contributed by atoms with Crippen LogP contribution in [0.25, 0.3) is 0 Å². The molecule has 0 amide bonds. The largest absolute Gasteiger partial charge is 0.417 e. The first kappa shape index (κ1) is 12.1. The molecule has 0 radical (unpaired) electrons. The van der Waals surface area contributed by atoms with Crippen molar-refractivity contribution in [3.63, 3.8) is 0 Å². The second kappa shape index (κ2) is 4.71. The molecule has 0 aliphatic heterocycles. The highest BCUT2D eigenvalue weighted by atomic mass is 79.9. The van der Waals surface area contributed by atoms with E-state index in [1.165, 1.54) is 6.07 Å². The maximum Gasteiger partial charge on any atom is 0.417 e. The van der Waals surface area contributed by atoms with Crippen molar-refractivity contribution in [3.8, 4) is 12.3 Å². The zero-order valence-corrected chi connectivity index (χ0v) is 9.32. The van der Waals surface area contributed by atoms with Gasteiger partial charge in [-0.1, -0.05) is 22.0 Å². The van der Waals surface area contributed by atoms with E-state index in [1.807, 2.05) is 0 Å². The first-order valence-electron chi connectivity index (χ1n) is 4.24. The van der Waals surface area contributed by atoms with Gasteiger partial charge in [-0.05, 0) is 24.1 Å². The summed E-state index contributed by atoms with van der Waals surface area (Å²) in [6, 6.07) is 4.16. The van der Waals surface area contributed by atoms with Crippen molar-refractivity contribution >= 4 is 15.9 Å². The molecule has 0 bridgehead atoms. The van der Waals surface area contributed by atoms with Gasteiger partial charge in [-0.25, -0.2) is 0 Å². The fourth-order valence-corrected chi connectivity index (χ4v) is 1.63. The van der Waals surface area contributed by atoms with Crippen molar-refractivity contribution in [1.29, 1.82) is 0 Å². The van der Waals surface area contributed by atoms with Crippen LogP contribution in [-0.4, -0.2) is 0 Å². The second-order valence-electron chi connectivity index (χ2n) is 3.02. The number of hydrogen-bond acceptors (Lipinski definition) is 0. The molecule has 1 aromatic carbocycles. The Morgan fingerprint density at radius 2 is 2.00 bits per heavy atom. The third-order valence-electron chi connectivity index (χ3n) is 1.89. The summed E-state index contributed by atoms with van der Waals surface area (Å²) >= 11 is 2.87. The highest BCUT2D eigenvalue weighted by Crippen LogP contribution is 2.35. The molecule has 1 rings (SSSR count). The van der Waals surface area contributed by atoms with Crippen LogP contribution in [0.3, 0.4) is 0 Å². The molecule has 0 unspecified atom stereocenters. The average molecular weight is 277 g/mol. The summed E-state index contributed by atoms with van der Waals surface area (Å²) < 4.78 is 37.5. The Kier molecular flexibility index (Phi) is 3.81. The van der Waals surface area contributed by atoms with Crippen LogP contribution in [0.15, 0.2) is 22.7 Å². The molecule has 0 nitrogen and oxygen atoms in total. The van der Waals surface area contributed by atoms with Gasteiger partial charge in [0.2, 0.25) is 0 Å². The molecular weight excluding hydrogens is 269 g/mol. The van der Waals surface area contributed by atoms with E-state index in [0.29, 0.717) is 18.4 Å². The average Bonchev–Trinajstić information content (AvgIpc) is 2.15. The zero-order chi connectivity index (χ0) is 11.5. The summed E-state index contributed by atoms with van der Waals surface area (Å²) in [5.74, 6) is 2.40. The zero-order valence-electron chi connectivity index (χ0n) is 7.74. The number of alkyl halides is 3. The van der Waals surface area contributed by atoms with E-state index >= 15 is 0 Å². The molecule has 0 aromatic heterocycles. The summed E-state index contributed by atoms with van der Waals surface area (Å²) in [6.45, 7) is 0. The van der Waals surface area contributed by atoms with Crippen LogP contribution in [0.2, 0.25) is 0 Å². The summed E-state index contributed by atoms with van der Waals surface area (Å²) in [6.07, 6.45) is 1.63. The first-order chi connectivity index (χ1) is 6.95. The standard InChI is InChI=1S/C11H8BrF3/c1-2-3-4-8-5-6-10(12)9(7-8)11(13,14)15/h1,5-7H,3-4H2.